The van der Waals surface area contributed by atoms with E-state index >= 15 is 0 Å². The van der Waals surface area contributed by atoms with E-state index in [4.69, 9.17) is 4.74 Å². The molecule has 1 saturated heterocycles. The fourth-order valence-electron chi connectivity index (χ4n) is 2.86. The molecule has 1 N–H and O–H groups in total. The molecule has 0 bridgehead atoms. The summed E-state index contributed by atoms with van der Waals surface area (Å²) in [6.45, 7) is 2.09. The van der Waals surface area contributed by atoms with Crippen LogP contribution in [0.25, 0.3) is 0 Å². The fraction of sp³-hybridized carbons (Fsp3) is 0.368. The van der Waals surface area contributed by atoms with E-state index in [1.165, 1.54) is 16.7 Å². The molecule has 132 valence electrons. The van der Waals surface area contributed by atoms with Crippen molar-refractivity contribution in [2.75, 3.05) is 26.0 Å². The van der Waals surface area contributed by atoms with Crippen LogP contribution in [0.3, 0.4) is 0 Å². The lowest BCUT2D eigenvalue weighted by atomic mass is 9.99. The lowest BCUT2D eigenvalue weighted by Gasteiger charge is -2.36. The van der Waals surface area contributed by atoms with Crippen LogP contribution >= 0.6 is 23.5 Å². The summed E-state index contributed by atoms with van der Waals surface area (Å²) in [5.74, 6) is -0.0584. The van der Waals surface area contributed by atoms with Crippen LogP contribution in [0, 0.1) is 0 Å². The Hall–Kier alpha value is -1.50. The minimum atomic E-state index is -0.0584. The Labute approximate surface area is 157 Å². The Balaban J connectivity index is 1.71. The second kappa shape index (κ2) is 8.74. The Morgan fingerprint density at radius 2 is 1.96 bits per heavy atom. The maximum absolute atomic E-state index is 12.7. The predicted octanol–water partition coefficient (Wildman–Crippen LogP) is 3.87. The fourth-order valence-corrected chi connectivity index (χ4v) is 4.72. The minimum Gasteiger partial charge on any atom is -0.381 e. The third kappa shape index (κ3) is 4.77. The lowest BCUT2D eigenvalue weighted by molar-refractivity contribution is 0.0740. The second-order valence-corrected chi connectivity index (χ2v) is 8.29. The zero-order valence-electron chi connectivity index (χ0n) is 14.2. The first-order valence-corrected chi connectivity index (χ1v) is 10.4. The molecule has 1 aromatic heterocycles. The molecule has 0 unspecified atom stereocenters. The summed E-state index contributed by atoms with van der Waals surface area (Å²) >= 11 is 3.33. The largest absolute Gasteiger partial charge is 0.381 e. The molecule has 1 fully saturated rings. The molecule has 25 heavy (non-hydrogen) atoms. The van der Waals surface area contributed by atoms with Crippen molar-refractivity contribution in [2.45, 2.75) is 27.5 Å². The number of thioether (sulfide) groups is 2. The van der Waals surface area contributed by atoms with Crippen molar-refractivity contribution in [2.24, 2.45) is 0 Å². The highest BCUT2D eigenvalue weighted by Crippen LogP contribution is 2.40. The molecule has 0 radical (unpaired) electrons. The van der Waals surface area contributed by atoms with E-state index in [-0.39, 0.29) is 10.7 Å². The quantitative estimate of drug-likeness (QED) is 0.778. The number of hydrogen-bond donors (Lipinski definition) is 1. The van der Waals surface area contributed by atoms with Crippen LogP contribution < -0.4 is 5.32 Å². The Morgan fingerprint density at radius 3 is 2.68 bits per heavy atom. The van der Waals surface area contributed by atoms with Gasteiger partial charge in [0.1, 0.15) is 5.03 Å². The van der Waals surface area contributed by atoms with Gasteiger partial charge < -0.3 is 10.1 Å². The number of benzene rings is 1. The summed E-state index contributed by atoms with van der Waals surface area (Å²) < 4.78 is 5.52. The van der Waals surface area contributed by atoms with E-state index in [9.17, 15) is 4.79 Å². The number of amides is 1. The number of rotatable bonds is 6. The summed E-state index contributed by atoms with van der Waals surface area (Å²) in [4.78, 5) is 18.2. The van der Waals surface area contributed by atoms with Gasteiger partial charge in [0.25, 0.3) is 5.91 Å². The van der Waals surface area contributed by atoms with Crippen LogP contribution in [0.1, 0.15) is 23.2 Å². The highest BCUT2D eigenvalue weighted by Gasteiger charge is 2.34. The molecule has 1 amide bonds. The lowest BCUT2D eigenvalue weighted by Crippen LogP contribution is -2.44. The maximum atomic E-state index is 12.7. The number of ether oxygens (including phenoxy) is 1. The van der Waals surface area contributed by atoms with Gasteiger partial charge in [0, 0.05) is 35.6 Å². The number of aromatic nitrogens is 1. The first-order chi connectivity index (χ1) is 12.2. The van der Waals surface area contributed by atoms with Gasteiger partial charge in [-0.15, -0.1) is 23.5 Å². The smallest absolute Gasteiger partial charge is 0.254 e. The van der Waals surface area contributed by atoms with Gasteiger partial charge in [0.15, 0.2) is 0 Å². The topological polar surface area (TPSA) is 51.2 Å². The molecule has 1 aromatic carbocycles. The molecular formula is C19H22N2O2S2. The molecule has 1 aliphatic heterocycles. The van der Waals surface area contributed by atoms with Crippen LogP contribution in [0.2, 0.25) is 0 Å². The average molecular weight is 375 g/mol. The number of hydrogen-bond acceptors (Lipinski definition) is 5. The predicted molar refractivity (Wildman–Crippen MR) is 103 cm³/mol. The summed E-state index contributed by atoms with van der Waals surface area (Å²) in [5, 5.41) is 3.90. The third-order valence-corrected chi connectivity index (χ3v) is 6.47. The number of nitrogens with zero attached hydrogens (tertiary/aromatic N) is 1. The number of carbonyl (C=O) groups is 1. The first-order valence-electron chi connectivity index (χ1n) is 8.31. The van der Waals surface area contributed by atoms with Gasteiger partial charge >= 0.3 is 0 Å². The van der Waals surface area contributed by atoms with E-state index in [1.54, 1.807) is 12.3 Å². The van der Waals surface area contributed by atoms with Gasteiger partial charge in [-0.05, 0) is 43.4 Å². The minimum absolute atomic E-state index is 0.0308. The number of pyridine rings is 1. The van der Waals surface area contributed by atoms with Gasteiger partial charge in [-0.1, -0.05) is 18.2 Å². The number of carbonyl (C=O) groups excluding carboxylic acids is 1. The summed E-state index contributed by atoms with van der Waals surface area (Å²) in [7, 11) is 0. The Kier molecular flexibility index (Phi) is 6.39. The van der Waals surface area contributed by atoms with E-state index in [1.807, 2.05) is 42.3 Å². The zero-order valence-corrected chi connectivity index (χ0v) is 15.9. The van der Waals surface area contributed by atoms with Crippen molar-refractivity contribution < 1.29 is 9.53 Å². The highest BCUT2D eigenvalue weighted by molar-refractivity contribution is 8.00. The molecule has 6 heteroatoms. The first kappa shape index (κ1) is 18.3. The SMILES string of the molecule is CSc1ncccc1C(=O)NCC1(Sc2ccccc2)CCOCC1. The summed E-state index contributed by atoms with van der Waals surface area (Å²) in [6, 6.07) is 14.0. The van der Waals surface area contributed by atoms with E-state index in [0.717, 1.165) is 31.1 Å². The van der Waals surface area contributed by atoms with Crippen molar-refractivity contribution in [3.8, 4) is 0 Å². The molecule has 2 aromatic rings. The standard InChI is InChI=1S/C19H22N2O2S2/c1-24-18-16(8-5-11-20-18)17(22)21-14-19(9-12-23-13-10-19)25-15-6-3-2-4-7-15/h2-8,11H,9-10,12-14H2,1H3,(H,21,22). The molecule has 0 saturated carbocycles. The molecule has 0 aliphatic carbocycles. The Morgan fingerprint density at radius 1 is 1.20 bits per heavy atom. The van der Waals surface area contributed by atoms with Crippen molar-refractivity contribution in [3.05, 3.63) is 54.2 Å². The van der Waals surface area contributed by atoms with Crippen LogP contribution in [-0.2, 0) is 4.74 Å². The number of nitrogens with one attached hydrogen (secondary N) is 1. The third-order valence-electron chi connectivity index (χ3n) is 4.26. The van der Waals surface area contributed by atoms with Crippen molar-refractivity contribution >= 4 is 29.4 Å². The molecule has 0 spiro atoms. The van der Waals surface area contributed by atoms with Gasteiger partial charge in [-0.2, -0.15) is 0 Å². The van der Waals surface area contributed by atoms with E-state index < -0.39 is 0 Å². The highest BCUT2D eigenvalue weighted by atomic mass is 32.2. The molecule has 1 aliphatic rings. The second-order valence-electron chi connectivity index (χ2n) is 5.95. The van der Waals surface area contributed by atoms with Gasteiger partial charge in [0.05, 0.1) is 5.56 Å². The van der Waals surface area contributed by atoms with Crippen molar-refractivity contribution in [1.82, 2.24) is 10.3 Å². The zero-order chi connectivity index (χ0) is 17.5. The van der Waals surface area contributed by atoms with Gasteiger partial charge in [0.2, 0.25) is 0 Å². The molecular weight excluding hydrogens is 352 g/mol. The molecule has 4 nitrogen and oxygen atoms in total. The molecule has 3 rings (SSSR count). The average Bonchev–Trinajstić information content (AvgIpc) is 2.67. The van der Waals surface area contributed by atoms with Crippen LogP contribution in [0.4, 0.5) is 0 Å². The van der Waals surface area contributed by atoms with Crippen LogP contribution in [-0.4, -0.2) is 41.7 Å². The normalized spacial score (nSPS) is 16.4. The van der Waals surface area contributed by atoms with Gasteiger partial charge in [-0.3, -0.25) is 4.79 Å². The Bertz CT molecular complexity index is 704. The van der Waals surface area contributed by atoms with Crippen molar-refractivity contribution in [3.63, 3.8) is 0 Å². The van der Waals surface area contributed by atoms with Crippen molar-refractivity contribution in [1.29, 1.82) is 0 Å². The monoisotopic (exact) mass is 374 g/mol. The van der Waals surface area contributed by atoms with Gasteiger partial charge in [-0.25, -0.2) is 4.98 Å². The summed E-state index contributed by atoms with van der Waals surface area (Å²) in [5.41, 5.74) is 0.641. The molecule has 2 heterocycles. The van der Waals surface area contributed by atoms with E-state index in [2.05, 4.69) is 22.4 Å². The van der Waals surface area contributed by atoms with Crippen LogP contribution in [0.15, 0.2) is 58.6 Å². The summed E-state index contributed by atoms with van der Waals surface area (Å²) in [6.07, 6.45) is 5.50. The maximum Gasteiger partial charge on any atom is 0.254 e. The molecule has 0 atom stereocenters. The van der Waals surface area contributed by atoms with E-state index in [0.29, 0.717) is 12.1 Å². The van der Waals surface area contributed by atoms with Crippen LogP contribution in [0.5, 0.6) is 0 Å².